The molecule has 1 rings (SSSR count). The predicted octanol–water partition coefficient (Wildman–Crippen LogP) is 4.55. The maximum Gasteiger partial charge on any atom is 0.0293 e. The van der Waals surface area contributed by atoms with Crippen LogP contribution < -0.4 is 10.9 Å². The highest BCUT2D eigenvalue weighted by molar-refractivity contribution is 4.86. The first-order chi connectivity index (χ1) is 8.54. The lowest BCUT2D eigenvalue weighted by Crippen LogP contribution is -2.58. The van der Waals surface area contributed by atoms with Crippen molar-refractivity contribution in [3.63, 3.8) is 0 Å². The zero-order valence-corrected chi connectivity index (χ0v) is 13.1. The fourth-order valence-corrected chi connectivity index (χ4v) is 2.69. The lowest BCUT2D eigenvalue weighted by molar-refractivity contribution is 0.184. The van der Waals surface area contributed by atoms with Crippen LogP contribution in [-0.2, 0) is 0 Å². The van der Waals surface area contributed by atoms with Crippen molar-refractivity contribution in [3.8, 4) is 0 Å². The van der Waals surface area contributed by atoms with E-state index in [9.17, 15) is 0 Å². The Morgan fingerprint density at radius 3 is 1.33 bits per heavy atom. The molecule has 1 heterocycles. The normalized spacial score (nSPS) is 36.7. The molecule has 0 spiro atoms. The molecule has 0 aromatic carbocycles. The zero-order chi connectivity index (χ0) is 13.5. The van der Waals surface area contributed by atoms with Crippen LogP contribution in [-0.4, -0.2) is 11.1 Å². The quantitative estimate of drug-likeness (QED) is 0.755. The molecule has 2 atom stereocenters. The summed E-state index contributed by atoms with van der Waals surface area (Å²) in [7, 11) is 0. The topological polar surface area (TPSA) is 24.1 Å². The standard InChI is InChI=1S/C16H34N2/c1-5-15(3)13-11-9-7-8-10-12-14-16(4,6-2)18-17-15/h17-18H,5-14H2,1-4H3. The molecule has 2 unspecified atom stereocenters. The Balaban J connectivity index is 2.61. The monoisotopic (exact) mass is 254 g/mol. The van der Waals surface area contributed by atoms with Crippen LogP contribution in [0.4, 0.5) is 0 Å². The molecule has 0 amide bonds. The van der Waals surface area contributed by atoms with Gasteiger partial charge in [0.25, 0.3) is 0 Å². The largest absolute Gasteiger partial charge is 0.251 e. The first kappa shape index (κ1) is 16.0. The fraction of sp³-hybridized carbons (Fsp3) is 1.00. The Morgan fingerprint density at radius 2 is 1.00 bits per heavy atom. The van der Waals surface area contributed by atoms with Gasteiger partial charge in [0, 0.05) is 11.1 Å². The van der Waals surface area contributed by atoms with Gasteiger partial charge in [-0.15, -0.1) is 0 Å². The van der Waals surface area contributed by atoms with Gasteiger partial charge in [0.2, 0.25) is 0 Å². The maximum atomic E-state index is 3.66. The van der Waals surface area contributed by atoms with E-state index in [1.165, 1.54) is 64.2 Å². The Labute approximate surface area is 114 Å². The minimum absolute atomic E-state index is 0.260. The SMILES string of the molecule is CCC1(C)CCCCCCCCC(C)(CC)NN1. The number of rotatable bonds is 2. The maximum absolute atomic E-state index is 3.66. The number of nitrogens with one attached hydrogen (secondary N) is 2. The van der Waals surface area contributed by atoms with Crippen LogP contribution >= 0.6 is 0 Å². The summed E-state index contributed by atoms with van der Waals surface area (Å²) in [6, 6.07) is 0. The molecule has 0 radical (unpaired) electrons. The fourth-order valence-electron chi connectivity index (χ4n) is 2.69. The Morgan fingerprint density at radius 1 is 0.667 bits per heavy atom. The lowest BCUT2D eigenvalue weighted by Gasteiger charge is -2.38. The van der Waals surface area contributed by atoms with E-state index in [2.05, 4.69) is 38.5 Å². The van der Waals surface area contributed by atoms with Crippen molar-refractivity contribution < 1.29 is 0 Å². The highest BCUT2D eigenvalue weighted by Crippen LogP contribution is 2.23. The Kier molecular flexibility index (Phi) is 6.65. The molecule has 1 aliphatic rings. The van der Waals surface area contributed by atoms with Crippen LogP contribution in [0, 0.1) is 0 Å². The van der Waals surface area contributed by atoms with Gasteiger partial charge in [-0.2, -0.15) is 0 Å². The van der Waals surface area contributed by atoms with Crippen LogP contribution in [0.15, 0.2) is 0 Å². The first-order valence-electron chi connectivity index (χ1n) is 8.08. The summed E-state index contributed by atoms with van der Waals surface area (Å²) < 4.78 is 0. The molecule has 0 bridgehead atoms. The third kappa shape index (κ3) is 5.27. The molecule has 1 saturated heterocycles. The average molecular weight is 254 g/mol. The van der Waals surface area contributed by atoms with Gasteiger partial charge in [-0.1, -0.05) is 52.4 Å². The van der Waals surface area contributed by atoms with Crippen LogP contribution in [0.2, 0.25) is 0 Å². The minimum atomic E-state index is 0.260. The molecule has 1 fully saturated rings. The van der Waals surface area contributed by atoms with E-state index in [0.717, 1.165) is 0 Å². The summed E-state index contributed by atoms with van der Waals surface area (Å²) in [5, 5.41) is 0. The summed E-state index contributed by atoms with van der Waals surface area (Å²) in [4.78, 5) is 0. The Bertz CT molecular complexity index is 205. The van der Waals surface area contributed by atoms with Gasteiger partial charge < -0.3 is 0 Å². The molecule has 2 nitrogen and oxygen atoms in total. The van der Waals surface area contributed by atoms with Crippen LogP contribution in [0.25, 0.3) is 0 Å². The smallest absolute Gasteiger partial charge is 0.0293 e. The molecule has 2 N–H and O–H groups in total. The molecular weight excluding hydrogens is 220 g/mol. The van der Waals surface area contributed by atoms with Gasteiger partial charge in [0.05, 0.1) is 0 Å². The summed E-state index contributed by atoms with van der Waals surface area (Å²) >= 11 is 0. The number of hydrazine groups is 1. The second-order valence-electron chi connectivity index (χ2n) is 6.70. The van der Waals surface area contributed by atoms with Gasteiger partial charge in [-0.25, -0.2) is 0 Å². The van der Waals surface area contributed by atoms with Crippen LogP contribution in [0.1, 0.15) is 91.9 Å². The van der Waals surface area contributed by atoms with E-state index in [1.807, 2.05) is 0 Å². The summed E-state index contributed by atoms with van der Waals surface area (Å²) in [5.41, 5.74) is 7.83. The van der Waals surface area contributed by atoms with E-state index < -0.39 is 0 Å². The van der Waals surface area contributed by atoms with Gasteiger partial charge >= 0.3 is 0 Å². The molecule has 0 aliphatic carbocycles. The highest BCUT2D eigenvalue weighted by atomic mass is 15.4. The first-order valence-corrected chi connectivity index (χ1v) is 8.08. The van der Waals surface area contributed by atoms with E-state index in [1.54, 1.807) is 0 Å². The van der Waals surface area contributed by atoms with Crippen molar-refractivity contribution >= 4 is 0 Å². The van der Waals surface area contributed by atoms with E-state index in [-0.39, 0.29) is 11.1 Å². The van der Waals surface area contributed by atoms with Crippen molar-refractivity contribution in [3.05, 3.63) is 0 Å². The van der Waals surface area contributed by atoms with Crippen molar-refractivity contribution in [2.45, 2.75) is 103 Å². The number of hydrogen-bond acceptors (Lipinski definition) is 2. The summed E-state index contributed by atoms with van der Waals surface area (Å²) in [6.07, 6.45) is 13.4. The number of hydrogen-bond donors (Lipinski definition) is 2. The molecule has 2 heteroatoms. The third-order valence-corrected chi connectivity index (χ3v) is 4.93. The van der Waals surface area contributed by atoms with Crippen molar-refractivity contribution in [2.75, 3.05) is 0 Å². The van der Waals surface area contributed by atoms with Crippen LogP contribution in [0.5, 0.6) is 0 Å². The van der Waals surface area contributed by atoms with Crippen LogP contribution in [0.3, 0.4) is 0 Å². The van der Waals surface area contributed by atoms with Gasteiger partial charge in [0.15, 0.2) is 0 Å². The third-order valence-electron chi connectivity index (χ3n) is 4.93. The lowest BCUT2D eigenvalue weighted by atomic mass is 9.89. The van der Waals surface area contributed by atoms with E-state index in [0.29, 0.717) is 0 Å². The predicted molar refractivity (Wildman–Crippen MR) is 80.6 cm³/mol. The average Bonchev–Trinajstić information content (AvgIpc) is 2.38. The molecular formula is C16H34N2. The van der Waals surface area contributed by atoms with Crippen molar-refractivity contribution in [1.29, 1.82) is 0 Å². The van der Waals surface area contributed by atoms with Crippen molar-refractivity contribution in [2.24, 2.45) is 0 Å². The van der Waals surface area contributed by atoms with Crippen molar-refractivity contribution in [1.82, 2.24) is 10.9 Å². The summed E-state index contributed by atoms with van der Waals surface area (Å²) in [5.74, 6) is 0. The second-order valence-corrected chi connectivity index (χ2v) is 6.70. The Hall–Kier alpha value is -0.0800. The summed E-state index contributed by atoms with van der Waals surface area (Å²) in [6.45, 7) is 9.32. The van der Waals surface area contributed by atoms with E-state index >= 15 is 0 Å². The zero-order valence-electron chi connectivity index (χ0n) is 13.1. The molecule has 0 aromatic heterocycles. The van der Waals surface area contributed by atoms with Gasteiger partial charge in [-0.3, -0.25) is 10.9 Å². The molecule has 1 aliphatic heterocycles. The minimum Gasteiger partial charge on any atom is -0.251 e. The van der Waals surface area contributed by atoms with E-state index in [4.69, 9.17) is 0 Å². The molecule has 0 saturated carbocycles. The van der Waals surface area contributed by atoms with Gasteiger partial charge in [-0.05, 0) is 39.5 Å². The molecule has 108 valence electrons. The second kappa shape index (κ2) is 7.49. The highest BCUT2D eigenvalue weighted by Gasteiger charge is 2.27. The molecule has 0 aromatic rings. The van der Waals surface area contributed by atoms with Gasteiger partial charge in [0.1, 0.15) is 0 Å². The molecule has 18 heavy (non-hydrogen) atoms.